The summed E-state index contributed by atoms with van der Waals surface area (Å²) >= 11 is 0. The van der Waals surface area contributed by atoms with Crippen molar-refractivity contribution < 1.29 is 23.7 Å². The molecule has 4 atom stereocenters. The summed E-state index contributed by atoms with van der Waals surface area (Å²) in [5, 5.41) is 3.56. The molecule has 2 aliphatic heterocycles. The molecule has 0 amide bonds. The number of hydrogen-bond acceptors (Lipinski definition) is 8. The Morgan fingerprint density at radius 3 is 1.98 bits per heavy atom. The van der Waals surface area contributed by atoms with Crippen molar-refractivity contribution in [1.29, 1.82) is 0 Å². The predicted octanol–water partition coefficient (Wildman–Crippen LogP) is 4.70. The molecule has 2 N–H and O–H groups in total. The van der Waals surface area contributed by atoms with E-state index in [4.69, 9.17) is 23.7 Å². The number of H-pyrrole nitrogens is 1. The maximum absolute atomic E-state index is 13.1. The zero-order valence-corrected chi connectivity index (χ0v) is 27.6. The second-order valence-corrected chi connectivity index (χ2v) is 12.5. The van der Waals surface area contributed by atoms with Crippen molar-refractivity contribution in [3.05, 3.63) is 164 Å². The van der Waals surface area contributed by atoms with Crippen molar-refractivity contribution in [2.45, 2.75) is 43.1 Å². The fourth-order valence-corrected chi connectivity index (χ4v) is 6.99. The van der Waals surface area contributed by atoms with Gasteiger partial charge in [0.2, 0.25) is 0 Å². The van der Waals surface area contributed by atoms with Crippen LogP contribution in [0.5, 0.6) is 11.5 Å². The Kier molecular flexibility index (Phi) is 8.96. The molecule has 252 valence electrons. The first-order valence-electron chi connectivity index (χ1n) is 16.2. The lowest BCUT2D eigenvalue weighted by Crippen LogP contribution is -2.51. The van der Waals surface area contributed by atoms with Gasteiger partial charge in [0, 0.05) is 18.3 Å². The van der Waals surface area contributed by atoms with Gasteiger partial charge in [0.15, 0.2) is 6.23 Å². The number of nitrogens with one attached hydrogen (secondary N) is 2. The highest BCUT2D eigenvalue weighted by atomic mass is 16.6. The molecule has 2 fully saturated rings. The second-order valence-electron chi connectivity index (χ2n) is 12.5. The second kappa shape index (κ2) is 13.5. The third-order valence-electron chi connectivity index (χ3n) is 9.54. The maximum Gasteiger partial charge on any atom is 0.330 e. The molecule has 49 heavy (non-hydrogen) atoms. The third kappa shape index (κ3) is 5.97. The van der Waals surface area contributed by atoms with Gasteiger partial charge in [0.1, 0.15) is 28.8 Å². The Bertz CT molecular complexity index is 1950. The van der Waals surface area contributed by atoms with Crippen LogP contribution >= 0.6 is 0 Å². The van der Waals surface area contributed by atoms with Crippen LogP contribution in [0.25, 0.3) is 0 Å². The van der Waals surface area contributed by atoms with Crippen LogP contribution in [-0.2, 0) is 26.4 Å². The average molecular weight is 662 g/mol. The first-order valence-corrected chi connectivity index (χ1v) is 16.2. The molecule has 0 saturated carbocycles. The molecule has 2 saturated heterocycles. The minimum atomic E-state index is -1.09. The van der Waals surface area contributed by atoms with E-state index in [1.54, 1.807) is 27.3 Å². The highest BCUT2D eigenvalue weighted by molar-refractivity contribution is 5.50. The van der Waals surface area contributed by atoms with Crippen LogP contribution in [0.3, 0.4) is 0 Å². The van der Waals surface area contributed by atoms with E-state index in [9.17, 15) is 9.59 Å². The van der Waals surface area contributed by atoms with E-state index in [-0.39, 0.29) is 6.61 Å². The summed E-state index contributed by atoms with van der Waals surface area (Å²) in [5.41, 5.74) is 0.999. The number of hydrogen-bond donors (Lipinski definition) is 2. The van der Waals surface area contributed by atoms with Gasteiger partial charge in [-0.25, -0.2) is 4.79 Å². The van der Waals surface area contributed by atoms with E-state index in [1.165, 1.54) is 4.57 Å². The van der Waals surface area contributed by atoms with Crippen LogP contribution in [-0.4, -0.2) is 54.7 Å². The molecule has 0 aliphatic carbocycles. The number of fused-ring (bicyclic) bond motifs is 2. The summed E-state index contributed by atoms with van der Waals surface area (Å²) in [4.78, 5) is 27.8. The average Bonchev–Trinajstić information content (AvgIpc) is 3.65. The molecule has 10 nitrogen and oxygen atoms in total. The van der Waals surface area contributed by atoms with Crippen molar-refractivity contribution >= 4 is 0 Å². The number of aromatic nitrogens is 2. The summed E-state index contributed by atoms with van der Waals surface area (Å²) in [5.74, 6) is 1.44. The van der Waals surface area contributed by atoms with Crippen LogP contribution < -0.4 is 26.0 Å². The maximum atomic E-state index is 13.1. The minimum absolute atomic E-state index is 0.0937. The molecule has 0 spiro atoms. The van der Waals surface area contributed by atoms with Gasteiger partial charge in [-0.1, -0.05) is 84.9 Å². The van der Waals surface area contributed by atoms with Crippen LogP contribution in [0.15, 0.2) is 125 Å². The molecule has 10 heteroatoms. The number of morpholine rings is 1. The van der Waals surface area contributed by atoms with Gasteiger partial charge in [-0.15, -0.1) is 0 Å². The standard InChI is InChI=1S/C39H39N3O7/c1-26-22-42(37(44)41-35(26)43)36-33-34(47-23-27-10-6-4-7-11-27)38(49-36,24-40-33)25-48-39(28-12-8-5-9-13-28,29-14-18-31(45-2)19-15-29)30-16-20-32(46-3)21-17-30/h4-22,33-34,36,40H,23-25H2,1-3H3,(H,41,43,44)/t33-,34+,36+,38-/m0/s1. The number of methoxy groups -OCH3 is 2. The molecule has 7 rings (SSSR count). The third-order valence-corrected chi connectivity index (χ3v) is 9.54. The Labute approximate surface area is 284 Å². The fourth-order valence-electron chi connectivity index (χ4n) is 6.99. The van der Waals surface area contributed by atoms with Crippen molar-refractivity contribution in [1.82, 2.24) is 14.9 Å². The molecular weight excluding hydrogens is 622 g/mol. The van der Waals surface area contributed by atoms with Crippen molar-refractivity contribution in [2.24, 2.45) is 0 Å². The lowest BCUT2D eigenvalue weighted by atomic mass is 9.79. The lowest BCUT2D eigenvalue weighted by molar-refractivity contribution is -0.170. The monoisotopic (exact) mass is 661 g/mol. The molecule has 1 aromatic heterocycles. The molecule has 3 heterocycles. The number of rotatable bonds is 12. The summed E-state index contributed by atoms with van der Waals surface area (Å²) < 4.78 is 33.3. The number of aryl methyl sites for hydroxylation is 1. The van der Waals surface area contributed by atoms with Gasteiger partial charge >= 0.3 is 5.69 Å². The Balaban J connectivity index is 1.33. The van der Waals surface area contributed by atoms with Gasteiger partial charge in [-0.05, 0) is 53.4 Å². The van der Waals surface area contributed by atoms with Crippen molar-refractivity contribution in [3.63, 3.8) is 0 Å². The molecule has 2 bridgehead atoms. The smallest absolute Gasteiger partial charge is 0.330 e. The topological polar surface area (TPSA) is 113 Å². The number of benzene rings is 4. The van der Waals surface area contributed by atoms with E-state index < -0.39 is 40.8 Å². The normalized spacial score (nSPS) is 21.5. The Hall–Kier alpha value is -5.00. The summed E-state index contributed by atoms with van der Waals surface area (Å²) in [6.45, 7) is 2.51. The number of aromatic amines is 1. The van der Waals surface area contributed by atoms with Crippen LogP contribution in [0.2, 0.25) is 0 Å². The zero-order chi connectivity index (χ0) is 34.0. The largest absolute Gasteiger partial charge is 0.497 e. The molecule has 5 aromatic rings. The van der Waals surface area contributed by atoms with Crippen molar-refractivity contribution in [3.8, 4) is 11.5 Å². The predicted molar refractivity (Wildman–Crippen MR) is 184 cm³/mol. The Morgan fingerprint density at radius 1 is 0.816 bits per heavy atom. The van der Waals surface area contributed by atoms with Crippen molar-refractivity contribution in [2.75, 3.05) is 27.4 Å². The summed E-state index contributed by atoms with van der Waals surface area (Å²) in [6.07, 6.45) is 0.284. The quantitative estimate of drug-likeness (QED) is 0.185. The van der Waals surface area contributed by atoms with E-state index in [1.807, 2.05) is 109 Å². The zero-order valence-electron chi connectivity index (χ0n) is 27.6. The molecule has 0 radical (unpaired) electrons. The van der Waals surface area contributed by atoms with E-state index in [0.29, 0.717) is 18.7 Å². The number of ether oxygens (including phenoxy) is 5. The van der Waals surface area contributed by atoms with Gasteiger partial charge in [0.05, 0.1) is 33.5 Å². The number of nitrogens with zero attached hydrogens (tertiary/aromatic N) is 1. The molecule has 0 unspecified atom stereocenters. The van der Waals surface area contributed by atoms with E-state index >= 15 is 0 Å². The van der Waals surface area contributed by atoms with Crippen LogP contribution in [0.1, 0.15) is 34.0 Å². The van der Waals surface area contributed by atoms with Gasteiger partial charge in [0.25, 0.3) is 5.56 Å². The minimum Gasteiger partial charge on any atom is -0.497 e. The van der Waals surface area contributed by atoms with Gasteiger partial charge in [-0.3, -0.25) is 14.3 Å². The highest BCUT2D eigenvalue weighted by Gasteiger charge is 2.62. The summed E-state index contributed by atoms with van der Waals surface area (Å²) in [6, 6.07) is 35.3. The SMILES string of the molecule is COc1ccc(C(OC[C@]23CN[C@H]([C@H](n4cc(C)c(=O)[nH]c4=O)O2)[C@H]3OCc2ccccc2)(c2ccccc2)c2ccc(OC)cc2)cc1. The molecular formula is C39H39N3O7. The van der Waals surface area contributed by atoms with Crippen LogP contribution in [0, 0.1) is 6.92 Å². The molecule has 4 aromatic carbocycles. The highest BCUT2D eigenvalue weighted by Crippen LogP contribution is 2.47. The Morgan fingerprint density at radius 2 is 1.39 bits per heavy atom. The first-order chi connectivity index (χ1) is 23.9. The fraction of sp³-hybridized carbons (Fsp3) is 0.282. The lowest BCUT2D eigenvalue weighted by Gasteiger charge is -2.40. The first kappa shape index (κ1) is 32.5. The summed E-state index contributed by atoms with van der Waals surface area (Å²) in [7, 11) is 3.28. The van der Waals surface area contributed by atoms with Crippen LogP contribution in [0.4, 0.5) is 0 Å². The van der Waals surface area contributed by atoms with E-state index in [2.05, 4.69) is 10.3 Å². The molecule has 2 aliphatic rings. The van der Waals surface area contributed by atoms with Gasteiger partial charge in [-0.2, -0.15) is 0 Å². The van der Waals surface area contributed by atoms with Gasteiger partial charge < -0.3 is 29.0 Å². The van der Waals surface area contributed by atoms with E-state index in [0.717, 1.165) is 33.8 Å².